The Morgan fingerprint density at radius 2 is 2.11 bits per heavy atom. The molecule has 152 valence electrons. The normalized spacial score (nSPS) is 17.7. The maximum atomic E-state index is 6.12. The lowest BCUT2D eigenvalue weighted by atomic mass is 10.2. The highest BCUT2D eigenvalue weighted by Crippen LogP contribution is 2.24. The van der Waals surface area contributed by atoms with Gasteiger partial charge in [0.2, 0.25) is 0 Å². The Kier molecular flexibility index (Phi) is 7.04. The molecule has 2 aromatic heterocycles. The summed E-state index contributed by atoms with van der Waals surface area (Å²) in [4.78, 5) is 11.0. The van der Waals surface area contributed by atoms with Crippen molar-refractivity contribution in [3.05, 3.63) is 45.8 Å². The Balaban J connectivity index is 1.56. The van der Waals surface area contributed by atoms with Crippen LogP contribution in [0.5, 0.6) is 0 Å². The van der Waals surface area contributed by atoms with Gasteiger partial charge in [0.25, 0.3) is 0 Å². The van der Waals surface area contributed by atoms with Gasteiger partial charge in [-0.3, -0.25) is 4.99 Å². The van der Waals surface area contributed by atoms with Crippen LogP contribution in [0.4, 0.5) is 5.82 Å². The van der Waals surface area contributed by atoms with Crippen LogP contribution in [0.2, 0.25) is 10.2 Å². The molecule has 2 aromatic rings. The van der Waals surface area contributed by atoms with E-state index < -0.39 is 0 Å². The number of pyridine rings is 1. The number of aromatic nitrogens is 2. The Morgan fingerprint density at radius 3 is 2.79 bits per heavy atom. The number of nitrogens with zero attached hydrogens (tertiary/aromatic N) is 4. The molecule has 0 radical (unpaired) electrons. The molecule has 1 unspecified atom stereocenters. The summed E-state index contributed by atoms with van der Waals surface area (Å²) in [6, 6.07) is 5.96. The average molecular weight is 425 g/mol. The van der Waals surface area contributed by atoms with Crippen molar-refractivity contribution in [2.24, 2.45) is 12.0 Å². The fourth-order valence-electron chi connectivity index (χ4n) is 3.11. The first-order valence-corrected chi connectivity index (χ1v) is 9.99. The second-order valence-electron chi connectivity index (χ2n) is 6.76. The van der Waals surface area contributed by atoms with Crippen molar-refractivity contribution < 1.29 is 4.74 Å². The zero-order chi connectivity index (χ0) is 20.1. The number of halogens is 2. The summed E-state index contributed by atoms with van der Waals surface area (Å²) in [6.45, 7) is 5.74. The highest BCUT2D eigenvalue weighted by atomic mass is 35.5. The lowest BCUT2D eigenvalue weighted by Crippen LogP contribution is -2.41. The molecule has 9 heteroatoms. The maximum Gasteiger partial charge on any atom is 0.191 e. The Bertz CT molecular complexity index is 838. The van der Waals surface area contributed by atoms with Crippen LogP contribution < -0.4 is 15.5 Å². The molecule has 0 aliphatic carbocycles. The van der Waals surface area contributed by atoms with Crippen molar-refractivity contribution in [1.29, 1.82) is 0 Å². The molecule has 0 saturated carbocycles. The van der Waals surface area contributed by atoms with Gasteiger partial charge in [-0.25, -0.2) is 4.98 Å². The van der Waals surface area contributed by atoms with Crippen LogP contribution >= 0.6 is 23.2 Å². The lowest BCUT2D eigenvalue weighted by Gasteiger charge is -2.32. The largest absolute Gasteiger partial charge is 0.375 e. The zero-order valence-corrected chi connectivity index (χ0v) is 17.9. The maximum absolute atomic E-state index is 6.12. The fraction of sp³-hybridized carbons (Fsp3) is 0.474. The number of anilines is 1. The van der Waals surface area contributed by atoms with Crippen LogP contribution in [0.25, 0.3) is 0 Å². The minimum Gasteiger partial charge on any atom is -0.375 e. The molecule has 2 N–H and O–H groups in total. The molecule has 7 nitrogen and oxygen atoms in total. The predicted octanol–water partition coefficient (Wildman–Crippen LogP) is 2.82. The van der Waals surface area contributed by atoms with Gasteiger partial charge in [0.15, 0.2) is 5.96 Å². The molecule has 28 heavy (non-hydrogen) atoms. The van der Waals surface area contributed by atoms with E-state index in [1.54, 1.807) is 7.05 Å². The lowest BCUT2D eigenvalue weighted by molar-refractivity contribution is 0.0529. The van der Waals surface area contributed by atoms with Gasteiger partial charge >= 0.3 is 0 Å². The van der Waals surface area contributed by atoms with E-state index in [0.29, 0.717) is 29.2 Å². The highest BCUT2D eigenvalue weighted by Gasteiger charge is 2.18. The van der Waals surface area contributed by atoms with Gasteiger partial charge in [-0.2, -0.15) is 0 Å². The van der Waals surface area contributed by atoms with Gasteiger partial charge in [-0.1, -0.05) is 23.2 Å². The van der Waals surface area contributed by atoms with Crippen molar-refractivity contribution in [2.75, 3.05) is 31.6 Å². The molecular formula is C19H26Cl2N6O. The Morgan fingerprint density at radius 1 is 1.32 bits per heavy atom. The van der Waals surface area contributed by atoms with E-state index in [2.05, 4.69) is 38.5 Å². The number of ether oxygens (including phenoxy) is 1. The highest BCUT2D eigenvalue weighted by molar-refractivity contribution is 6.41. The summed E-state index contributed by atoms with van der Waals surface area (Å²) in [5, 5.41) is 7.69. The number of hydrogen-bond donors (Lipinski definition) is 2. The number of nitrogens with one attached hydrogen (secondary N) is 2. The molecule has 3 rings (SSSR count). The van der Waals surface area contributed by atoms with Gasteiger partial charge in [0.1, 0.15) is 11.0 Å². The van der Waals surface area contributed by atoms with Crippen molar-refractivity contribution in [2.45, 2.75) is 26.1 Å². The zero-order valence-electron chi connectivity index (χ0n) is 16.4. The standard InChI is InChI=1S/C19H26Cl2N6O/c1-13-12-27(6-7-28-13)17-8-14(4-5-23-17)10-24-19(22-2)25-11-15-9-16(20)18(21)26(15)3/h4-5,8-9,13H,6-7,10-12H2,1-3H3,(H2,22,24,25). The molecule has 1 saturated heterocycles. The van der Waals surface area contributed by atoms with Gasteiger partial charge in [-0.05, 0) is 30.7 Å². The minimum absolute atomic E-state index is 0.222. The predicted molar refractivity (Wildman–Crippen MR) is 114 cm³/mol. The average Bonchev–Trinajstić information content (AvgIpc) is 2.95. The number of rotatable bonds is 5. The van der Waals surface area contributed by atoms with Crippen LogP contribution in [0.1, 0.15) is 18.2 Å². The second-order valence-corrected chi connectivity index (χ2v) is 7.53. The van der Waals surface area contributed by atoms with E-state index in [9.17, 15) is 0 Å². The third kappa shape index (κ3) is 5.10. The molecule has 3 heterocycles. The van der Waals surface area contributed by atoms with Crippen molar-refractivity contribution in [1.82, 2.24) is 20.2 Å². The summed E-state index contributed by atoms with van der Waals surface area (Å²) in [6.07, 6.45) is 2.07. The summed E-state index contributed by atoms with van der Waals surface area (Å²) in [7, 11) is 3.62. The van der Waals surface area contributed by atoms with Gasteiger partial charge in [0, 0.05) is 45.6 Å². The van der Waals surface area contributed by atoms with Crippen LogP contribution in [0.15, 0.2) is 29.4 Å². The van der Waals surface area contributed by atoms with Gasteiger partial charge in [-0.15, -0.1) is 0 Å². The van der Waals surface area contributed by atoms with Crippen molar-refractivity contribution >= 4 is 35.0 Å². The molecule has 1 aliphatic heterocycles. The van der Waals surface area contributed by atoms with E-state index in [1.165, 1.54) is 0 Å². The van der Waals surface area contributed by atoms with E-state index >= 15 is 0 Å². The summed E-state index contributed by atoms with van der Waals surface area (Å²) in [5.41, 5.74) is 2.11. The van der Waals surface area contributed by atoms with Gasteiger partial charge in [0.05, 0.1) is 24.3 Å². The summed E-state index contributed by atoms with van der Waals surface area (Å²) < 4.78 is 7.46. The SMILES string of the molecule is CN=C(NCc1ccnc(N2CCOC(C)C2)c1)NCc1cc(Cl)c(Cl)n1C. The monoisotopic (exact) mass is 424 g/mol. The van der Waals surface area contributed by atoms with Crippen LogP contribution in [-0.2, 0) is 24.9 Å². The quantitative estimate of drug-likeness (QED) is 0.570. The first-order chi connectivity index (χ1) is 13.5. The van der Waals surface area contributed by atoms with E-state index in [0.717, 1.165) is 36.8 Å². The molecule has 0 bridgehead atoms. The number of aliphatic imine (C=N–C) groups is 1. The summed E-state index contributed by atoms with van der Waals surface area (Å²) >= 11 is 12.2. The first-order valence-electron chi connectivity index (χ1n) is 9.23. The molecule has 1 atom stereocenters. The van der Waals surface area contributed by atoms with Crippen molar-refractivity contribution in [3.63, 3.8) is 0 Å². The Hall–Kier alpha value is -1.96. The summed E-state index contributed by atoms with van der Waals surface area (Å²) in [5.74, 6) is 1.68. The fourth-order valence-corrected chi connectivity index (χ4v) is 3.53. The first kappa shape index (κ1) is 20.8. The van der Waals surface area contributed by atoms with E-state index in [4.69, 9.17) is 27.9 Å². The molecule has 1 fully saturated rings. The molecule has 1 aliphatic rings. The molecule has 0 amide bonds. The van der Waals surface area contributed by atoms with E-state index in [1.807, 2.05) is 29.9 Å². The van der Waals surface area contributed by atoms with Crippen LogP contribution in [0.3, 0.4) is 0 Å². The number of morpholine rings is 1. The smallest absolute Gasteiger partial charge is 0.191 e. The van der Waals surface area contributed by atoms with Crippen LogP contribution in [0, 0.1) is 0 Å². The Labute approximate surface area is 175 Å². The molecular weight excluding hydrogens is 399 g/mol. The number of hydrogen-bond acceptors (Lipinski definition) is 4. The van der Waals surface area contributed by atoms with Gasteiger partial charge < -0.3 is 24.8 Å². The van der Waals surface area contributed by atoms with Crippen molar-refractivity contribution in [3.8, 4) is 0 Å². The molecule has 0 spiro atoms. The molecule has 0 aromatic carbocycles. The van der Waals surface area contributed by atoms with E-state index in [-0.39, 0.29) is 6.10 Å². The number of guanidine groups is 1. The third-order valence-corrected chi connectivity index (χ3v) is 5.55. The van der Waals surface area contributed by atoms with Crippen LogP contribution in [-0.4, -0.2) is 48.4 Å². The third-order valence-electron chi connectivity index (χ3n) is 4.71. The minimum atomic E-state index is 0.222. The second kappa shape index (κ2) is 9.49. The topological polar surface area (TPSA) is 66.7 Å².